The van der Waals surface area contributed by atoms with Crippen molar-refractivity contribution in [2.75, 3.05) is 39.4 Å². The van der Waals surface area contributed by atoms with Crippen LogP contribution in [0.1, 0.15) is 10.5 Å². The van der Waals surface area contributed by atoms with E-state index in [-0.39, 0.29) is 11.7 Å². The van der Waals surface area contributed by atoms with Gasteiger partial charge in [-0.3, -0.25) is 9.69 Å². The lowest BCUT2D eigenvalue weighted by atomic mass is 10.1. The fourth-order valence-electron chi connectivity index (χ4n) is 3.35. The van der Waals surface area contributed by atoms with Crippen molar-refractivity contribution in [2.45, 2.75) is 0 Å². The third kappa shape index (κ3) is 4.87. The van der Waals surface area contributed by atoms with Crippen molar-refractivity contribution >= 4 is 17.5 Å². The minimum atomic E-state index is -0.325. The molecule has 0 unspecified atom stereocenters. The second kappa shape index (κ2) is 9.38. The van der Waals surface area contributed by atoms with E-state index in [0.717, 1.165) is 38.4 Å². The van der Waals surface area contributed by atoms with E-state index in [1.807, 2.05) is 6.07 Å². The maximum Gasteiger partial charge on any atom is 0.270 e. The lowest BCUT2D eigenvalue weighted by Gasteiger charge is -2.26. The molecule has 1 fully saturated rings. The molecular weight excluding hydrogens is 407 g/mol. The van der Waals surface area contributed by atoms with Gasteiger partial charge >= 0.3 is 0 Å². The van der Waals surface area contributed by atoms with Crippen LogP contribution in [0.4, 0.5) is 4.39 Å². The summed E-state index contributed by atoms with van der Waals surface area (Å²) >= 11 is 6.14. The maximum absolute atomic E-state index is 13.3. The summed E-state index contributed by atoms with van der Waals surface area (Å²) in [5.41, 5.74) is 2.36. The Morgan fingerprint density at radius 1 is 1.13 bits per heavy atom. The molecular formula is C22H22ClFN4O2. The first-order valence-corrected chi connectivity index (χ1v) is 10.2. The highest BCUT2D eigenvalue weighted by molar-refractivity contribution is 6.30. The van der Waals surface area contributed by atoms with E-state index in [1.165, 1.54) is 12.1 Å². The monoisotopic (exact) mass is 428 g/mol. The van der Waals surface area contributed by atoms with Gasteiger partial charge in [0.2, 0.25) is 0 Å². The molecule has 0 radical (unpaired) electrons. The van der Waals surface area contributed by atoms with Gasteiger partial charge in [-0.1, -0.05) is 17.7 Å². The van der Waals surface area contributed by atoms with Gasteiger partial charge in [0, 0.05) is 36.8 Å². The van der Waals surface area contributed by atoms with Gasteiger partial charge in [-0.25, -0.2) is 9.07 Å². The van der Waals surface area contributed by atoms with Crippen LogP contribution >= 0.6 is 11.6 Å². The minimum Gasteiger partial charge on any atom is -0.379 e. The Hall–Kier alpha value is -2.74. The number of amides is 1. The normalized spacial score (nSPS) is 14.6. The average molecular weight is 429 g/mol. The summed E-state index contributed by atoms with van der Waals surface area (Å²) in [5, 5.41) is 8.10. The number of hydrogen-bond donors (Lipinski definition) is 1. The van der Waals surface area contributed by atoms with Crippen LogP contribution < -0.4 is 5.32 Å². The molecule has 3 aromatic rings. The summed E-state index contributed by atoms with van der Waals surface area (Å²) < 4.78 is 20.2. The molecule has 0 atom stereocenters. The van der Waals surface area contributed by atoms with Crippen molar-refractivity contribution in [3.8, 4) is 16.9 Å². The molecule has 30 heavy (non-hydrogen) atoms. The number of carbonyl (C=O) groups excluding carboxylic acids is 1. The number of hydrogen-bond acceptors (Lipinski definition) is 4. The van der Waals surface area contributed by atoms with Gasteiger partial charge in [-0.2, -0.15) is 5.10 Å². The Morgan fingerprint density at radius 3 is 2.63 bits per heavy atom. The maximum atomic E-state index is 13.3. The van der Waals surface area contributed by atoms with Gasteiger partial charge in [0.15, 0.2) is 0 Å². The molecule has 0 saturated carbocycles. The Balaban J connectivity index is 1.57. The zero-order chi connectivity index (χ0) is 20.9. The molecule has 0 aliphatic carbocycles. The van der Waals surface area contributed by atoms with Crippen LogP contribution in [-0.2, 0) is 4.74 Å². The average Bonchev–Trinajstić information content (AvgIpc) is 3.21. The molecule has 8 heteroatoms. The number of halogens is 2. The highest BCUT2D eigenvalue weighted by Gasteiger charge is 2.18. The number of rotatable bonds is 6. The summed E-state index contributed by atoms with van der Waals surface area (Å²) in [6, 6.07) is 14.9. The van der Waals surface area contributed by atoms with Gasteiger partial charge in [0.05, 0.1) is 24.6 Å². The minimum absolute atomic E-state index is 0.232. The van der Waals surface area contributed by atoms with Gasteiger partial charge in [0.25, 0.3) is 5.91 Å². The summed E-state index contributed by atoms with van der Waals surface area (Å²) in [6.07, 6.45) is 0. The van der Waals surface area contributed by atoms with E-state index < -0.39 is 0 Å². The first kappa shape index (κ1) is 20.5. The molecule has 1 amide bonds. The Kier molecular flexibility index (Phi) is 6.42. The van der Waals surface area contributed by atoms with Crippen LogP contribution in [0.15, 0.2) is 54.6 Å². The van der Waals surface area contributed by atoms with Crippen LogP contribution in [0.2, 0.25) is 5.02 Å². The van der Waals surface area contributed by atoms with Gasteiger partial charge in [-0.15, -0.1) is 0 Å². The van der Waals surface area contributed by atoms with E-state index in [0.29, 0.717) is 28.6 Å². The molecule has 2 heterocycles. The van der Waals surface area contributed by atoms with Crippen molar-refractivity contribution in [2.24, 2.45) is 0 Å². The molecule has 6 nitrogen and oxygen atoms in total. The van der Waals surface area contributed by atoms with E-state index in [2.05, 4.69) is 15.3 Å². The molecule has 2 aromatic carbocycles. The van der Waals surface area contributed by atoms with Gasteiger partial charge in [-0.05, 0) is 48.5 Å². The SMILES string of the molecule is O=C(NCCN1CCOCC1)c1cc(-c2ccc(F)cc2)nn1-c1cccc(Cl)c1. The van der Waals surface area contributed by atoms with Gasteiger partial charge in [0.1, 0.15) is 11.5 Å². The summed E-state index contributed by atoms with van der Waals surface area (Å²) in [7, 11) is 0. The molecule has 0 bridgehead atoms. The summed E-state index contributed by atoms with van der Waals surface area (Å²) in [4.78, 5) is 15.2. The number of nitrogens with one attached hydrogen (secondary N) is 1. The van der Waals surface area contributed by atoms with Gasteiger partial charge < -0.3 is 10.1 Å². The number of ether oxygens (including phenoxy) is 1. The largest absolute Gasteiger partial charge is 0.379 e. The van der Waals surface area contributed by atoms with E-state index in [1.54, 1.807) is 41.1 Å². The predicted octanol–water partition coefficient (Wildman–Crippen LogP) is 3.39. The van der Waals surface area contributed by atoms with Crippen molar-refractivity contribution in [1.82, 2.24) is 20.0 Å². The second-order valence-corrected chi connectivity index (χ2v) is 7.46. The lowest BCUT2D eigenvalue weighted by molar-refractivity contribution is 0.0383. The topological polar surface area (TPSA) is 59.4 Å². The number of morpholine rings is 1. The van der Waals surface area contributed by atoms with Crippen LogP contribution in [0, 0.1) is 5.82 Å². The summed E-state index contributed by atoms with van der Waals surface area (Å²) in [6.45, 7) is 4.44. The Labute approximate surface area is 179 Å². The molecule has 1 saturated heterocycles. The highest BCUT2D eigenvalue weighted by Crippen LogP contribution is 2.23. The van der Waals surface area contributed by atoms with Crippen LogP contribution in [0.3, 0.4) is 0 Å². The zero-order valence-electron chi connectivity index (χ0n) is 16.4. The molecule has 156 valence electrons. The zero-order valence-corrected chi connectivity index (χ0v) is 17.1. The first-order valence-electron chi connectivity index (χ1n) is 9.80. The fraction of sp³-hybridized carbons (Fsp3) is 0.273. The molecule has 4 rings (SSSR count). The highest BCUT2D eigenvalue weighted by atomic mass is 35.5. The Bertz CT molecular complexity index is 1020. The fourth-order valence-corrected chi connectivity index (χ4v) is 3.54. The summed E-state index contributed by atoms with van der Waals surface area (Å²) in [5.74, 6) is -0.557. The van der Waals surface area contributed by atoms with E-state index >= 15 is 0 Å². The van der Waals surface area contributed by atoms with Crippen molar-refractivity contribution < 1.29 is 13.9 Å². The van der Waals surface area contributed by atoms with Crippen LogP contribution in [0.5, 0.6) is 0 Å². The third-order valence-electron chi connectivity index (χ3n) is 4.95. The lowest BCUT2D eigenvalue weighted by Crippen LogP contribution is -2.41. The first-order chi connectivity index (χ1) is 14.6. The Morgan fingerprint density at radius 2 is 1.90 bits per heavy atom. The number of carbonyl (C=O) groups is 1. The number of nitrogens with zero attached hydrogens (tertiary/aromatic N) is 3. The third-order valence-corrected chi connectivity index (χ3v) is 5.19. The quantitative estimate of drug-likeness (QED) is 0.653. The van der Waals surface area contributed by atoms with Crippen molar-refractivity contribution in [1.29, 1.82) is 0 Å². The van der Waals surface area contributed by atoms with Crippen LogP contribution in [-0.4, -0.2) is 60.0 Å². The number of aromatic nitrogens is 2. The number of benzene rings is 2. The van der Waals surface area contributed by atoms with Crippen LogP contribution in [0.25, 0.3) is 16.9 Å². The molecule has 1 aliphatic rings. The molecule has 1 aliphatic heterocycles. The molecule has 1 aromatic heterocycles. The smallest absolute Gasteiger partial charge is 0.270 e. The van der Waals surface area contributed by atoms with Crippen molar-refractivity contribution in [3.05, 3.63) is 71.1 Å². The predicted molar refractivity (Wildman–Crippen MR) is 114 cm³/mol. The van der Waals surface area contributed by atoms with E-state index in [4.69, 9.17) is 16.3 Å². The van der Waals surface area contributed by atoms with Crippen molar-refractivity contribution in [3.63, 3.8) is 0 Å². The van der Waals surface area contributed by atoms with E-state index in [9.17, 15) is 9.18 Å². The standard InChI is InChI=1S/C22H22ClFN4O2/c23-17-2-1-3-19(14-17)28-21(15-20(26-28)16-4-6-18(24)7-5-16)22(29)25-8-9-27-10-12-30-13-11-27/h1-7,14-15H,8-13H2,(H,25,29). The molecule has 0 spiro atoms. The molecule has 1 N–H and O–H groups in total. The second-order valence-electron chi connectivity index (χ2n) is 7.02.